The molecule has 116 valence electrons. The van der Waals surface area contributed by atoms with Crippen molar-refractivity contribution in [1.82, 2.24) is 4.31 Å². The van der Waals surface area contributed by atoms with Gasteiger partial charge in [0.2, 0.25) is 10.0 Å². The summed E-state index contributed by atoms with van der Waals surface area (Å²) >= 11 is 0. The summed E-state index contributed by atoms with van der Waals surface area (Å²) in [6, 6.07) is 5.32. The molecule has 0 aliphatic carbocycles. The van der Waals surface area contributed by atoms with Gasteiger partial charge in [-0.3, -0.25) is 0 Å². The van der Waals surface area contributed by atoms with E-state index in [1.54, 1.807) is 19.1 Å². The van der Waals surface area contributed by atoms with Crippen molar-refractivity contribution < 1.29 is 16.8 Å². The Morgan fingerprint density at radius 2 is 1.90 bits per heavy atom. The fraction of sp³-hybridized carbons (Fsp3) is 0.571. The van der Waals surface area contributed by atoms with Gasteiger partial charge in [0.1, 0.15) is 0 Å². The molecule has 5 nitrogen and oxygen atoms in total. The second-order valence-corrected chi connectivity index (χ2v) is 10.3. The van der Waals surface area contributed by atoms with E-state index in [1.165, 1.54) is 4.31 Å². The first-order valence-corrected chi connectivity index (χ1v) is 10.2. The molecule has 1 aromatic carbocycles. The maximum absolute atomic E-state index is 12.8. The van der Waals surface area contributed by atoms with Gasteiger partial charge in [0.05, 0.1) is 15.9 Å². The van der Waals surface area contributed by atoms with Crippen molar-refractivity contribution in [3.63, 3.8) is 0 Å². The largest absolute Gasteiger partial charge is 0.243 e. The average Bonchev–Trinajstić information content (AvgIpc) is 2.94. The van der Waals surface area contributed by atoms with Crippen LogP contribution in [-0.2, 0) is 19.9 Å². The normalized spacial score (nSPS) is 28.7. The lowest BCUT2D eigenvalue weighted by Crippen LogP contribution is -2.32. The third kappa shape index (κ3) is 2.41. The number of hydrogen-bond acceptors (Lipinski definition) is 4. The van der Waals surface area contributed by atoms with Crippen LogP contribution < -0.4 is 0 Å². The number of sulfone groups is 1. The van der Waals surface area contributed by atoms with Gasteiger partial charge in [-0.1, -0.05) is 12.1 Å². The molecule has 2 heterocycles. The van der Waals surface area contributed by atoms with E-state index in [9.17, 15) is 16.8 Å². The SMILES string of the molecule is Cc1ccc(C)c(S(=O)(=O)N2C[C@@H]3CCS(=O)(=O)[C@@H]3C2)c1. The van der Waals surface area contributed by atoms with E-state index in [2.05, 4.69) is 0 Å². The molecule has 0 saturated carbocycles. The summed E-state index contributed by atoms with van der Waals surface area (Å²) in [5.41, 5.74) is 1.58. The van der Waals surface area contributed by atoms with E-state index in [0.29, 0.717) is 23.4 Å². The Kier molecular flexibility index (Phi) is 3.42. The zero-order valence-corrected chi connectivity index (χ0v) is 13.7. The molecule has 0 N–H and O–H groups in total. The summed E-state index contributed by atoms with van der Waals surface area (Å²) in [4.78, 5) is 0.292. The number of fused-ring (bicyclic) bond motifs is 1. The van der Waals surface area contributed by atoms with Crippen LogP contribution in [0, 0.1) is 19.8 Å². The van der Waals surface area contributed by atoms with E-state index in [1.807, 2.05) is 13.0 Å². The second-order valence-electron chi connectivity index (χ2n) is 6.05. The lowest BCUT2D eigenvalue weighted by atomic mass is 10.1. The molecular formula is C14H19NO4S2. The Morgan fingerprint density at radius 3 is 2.57 bits per heavy atom. The van der Waals surface area contributed by atoms with Crippen LogP contribution >= 0.6 is 0 Å². The van der Waals surface area contributed by atoms with Gasteiger partial charge in [-0.05, 0) is 43.4 Å². The first-order valence-electron chi connectivity index (χ1n) is 7.01. The minimum absolute atomic E-state index is 0.0464. The monoisotopic (exact) mass is 329 g/mol. The first kappa shape index (κ1) is 15.0. The lowest BCUT2D eigenvalue weighted by Gasteiger charge is -2.19. The smallest absolute Gasteiger partial charge is 0.228 e. The van der Waals surface area contributed by atoms with Gasteiger partial charge in [0.15, 0.2) is 9.84 Å². The molecule has 2 aliphatic heterocycles. The van der Waals surface area contributed by atoms with Crippen LogP contribution in [0.1, 0.15) is 17.5 Å². The topological polar surface area (TPSA) is 71.5 Å². The van der Waals surface area contributed by atoms with Crippen molar-refractivity contribution in [2.24, 2.45) is 5.92 Å². The Balaban J connectivity index is 1.96. The minimum Gasteiger partial charge on any atom is -0.228 e. The van der Waals surface area contributed by atoms with Gasteiger partial charge in [-0.2, -0.15) is 4.31 Å². The zero-order valence-electron chi connectivity index (χ0n) is 12.1. The third-order valence-corrected chi connectivity index (χ3v) is 8.78. The summed E-state index contributed by atoms with van der Waals surface area (Å²) in [6.07, 6.45) is 0.575. The Hall–Kier alpha value is -0.920. The first-order chi connectivity index (χ1) is 9.72. The summed E-state index contributed by atoms with van der Waals surface area (Å²) in [7, 11) is -6.74. The molecule has 0 unspecified atom stereocenters. The fourth-order valence-electron chi connectivity index (χ4n) is 3.27. The number of benzene rings is 1. The van der Waals surface area contributed by atoms with Gasteiger partial charge in [0.25, 0.3) is 0 Å². The molecule has 2 aliphatic rings. The molecule has 0 radical (unpaired) electrons. The number of aryl methyl sites for hydroxylation is 2. The third-order valence-electron chi connectivity index (χ3n) is 4.54. The summed E-state index contributed by atoms with van der Waals surface area (Å²) < 4.78 is 50.8. The van der Waals surface area contributed by atoms with Crippen LogP contribution in [0.15, 0.2) is 23.1 Å². The zero-order chi connectivity index (χ0) is 15.4. The molecule has 1 aromatic rings. The maximum atomic E-state index is 12.8. The molecule has 2 atom stereocenters. The van der Waals surface area contributed by atoms with Crippen molar-refractivity contribution in [1.29, 1.82) is 0 Å². The number of nitrogens with zero attached hydrogens (tertiary/aromatic N) is 1. The Bertz CT molecular complexity index is 783. The lowest BCUT2D eigenvalue weighted by molar-refractivity contribution is 0.454. The molecule has 0 aromatic heterocycles. The van der Waals surface area contributed by atoms with Gasteiger partial charge in [-0.15, -0.1) is 0 Å². The Labute approximate surface area is 125 Å². The highest BCUT2D eigenvalue weighted by molar-refractivity contribution is 7.92. The van der Waals surface area contributed by atoms with Crippen LogP contribution in [0.4, 0.5) is 0 Å². The van der Waals surface area contributed by atoms with Crippen LogP contribution in [-0.4, -0.2) is 45.2 Å². The molecule has 21 heavy (non-hydrogen) atoms. The van der Waals surface area contributed by atoms with Crippen LogP contribution in [0.5, 0.6) is 0 Å². The summed E-state index contributed by atoms with van der Waals surface area (Å²) in [5.74, 6) is 0.148. The standard InChI is InChI=1S/C14H19NO4S2/c1-10-3-4-11(2)13(7-10)21(18,19)15-8-12-5-6-20(16,17)14(12)9-15/h3-4,7,12,14H,5-6,8-9H2,1-2H3/t12-,14+/m0/s1. The quantitative estimate of drug-likeness (QED) is 0.815. The highest BCUT2D eigenvalue weighted by atomic mass is 32.2. The predicted octanol–water partition coefficient (Wildman–Crippen LogP) is 1.11. The summed E-state index contributed by atoms with van der Waals surface area (Å²) in [6.45, 7) is 4.03. The van der Waals surface area contributed by atoms with Crippen molar-refractivity contribution in [2.75, 3.05) is 18.8 Å². The predicted molar refractivity (Wildman–Crippen MR) is 80.4 cm³/mol. The van der Waals surface area contributed by atoms with Gasteiger partial charge in [-0.25, -0.2) is 16.8 Å². The molecule has 3 rings (SSSR count). The van der Waals surface area contributed by atoms with Crippen molar-refractivity contribution >= 4 is 19.9 Å². The van der Waals surface area contributed by atoms with Gasteiger partial charge < -0.3 is 0 Å². The maximum Gasteiger partial charge on any atom is 0.243 e. The Morgan fingerprint density at radius 1 is 1.19 bits per heavy atom. The van der Waals surface area contributed by atoms with Crippen LogP contribution in [0.25, 0.3) is 0 Å². The average molecular weight is 329 g/mol. The van der Waals surface area contributed by atoms with E-state index in [4.69, 9.17) is 0 Å². The second kappa shape index (κ2) is 4.79. The highest BCUT2D eigenvalue weighted by Crippen LogP contribution is 2.36. The molecule has 0 amide bonds. The molecule has 2 saturated heterocycles. The van der Waals surface area contributed by atoms with Crippen molar-refractivity contribution in [3.05, 3.63) is 29.3 Å². The number of sulfonamides is 1. The van der Waals surface area contributed by atoms with Gasteiger partial charge >= 0.3 is 0 Å². The van der Waals surface area contributed by atoms with Crippen LogP contribution in [0.2, 0.25) is 0 Å². The fourth-order valence-corrected chi connectivity index (χ4v) is 7.35. The molecule has 7 heteroatoms. The van der Waals surface area contributed by atoms with Crippen molar-refractivity contribution in [2.45, 2.75) is 30.4 Å². The van der Waals surface area contributed by atoms with Crippen LogP contribution in [0.3, 0.4) is 0 Å². The molecular weight excluding hydrogens is 310 g/mol. The molecule has 0 spiro atoms. The van der Waals surface area contributed by atoms with E-state index < -0.39 is 25.1 Å². The van der Waals surface area contributed by atoms with E-state index >= 15 is 0 Å². The van der Waals surface area contributed by atoms with E-state index in [0.717, 1.165) is 5.56 Å². The van der Waals surface area contributed by atoms with Gasteiger partial charge in [0, 0.05) is 13.1 Å². The van der Waals surface area contributed by atoms with E-state index in [-0.39, 0.29) is 18.2 Å². The summed E-state index contributed by atoms with van der Waals surface area (Å²) in [5, 5.41) is -0.516. The highest BCUT2D eigenvalue weighted by Gasteiger charge is 2.49. The number of rotatable bonds is 2. The minimum atomic E-state index is -3.62. The number of hydrogen-bond donors (Lipinski definition) is 0. The molecule has 2 fully saturated rings. The molecule has 0 bridgehead atoms. The van der Waals surface area contributed by atoms with Crippen molar-refractivity contribution in [3.8, 4) is 0 Å².